The molecular weight excluding hydrogens is 200 g/mol. The second-order valence-corrected chi connectivity index (χ2v) is 6.26. The van der Waals surface area contributed by atoms with Crippen LogP contribution in [0.15, 0.2) is 0 Å². The van der Waals surface area contributed by atoms with Crippen LogP contribution in [-0.2, 0) is 4.79 Å². The van der Waals surface area contributed by atoms with E-state index in [1.165, 1.54) is 0 Å². The van der Waals surface area contributed by atoms with Gasteiger partial charge in [0.2, 0.25) is 5.91 Å². The number of carbonyl (C=O) groups excluding carboxylic acids is 1. The molecule has 1 aliphatic heterocycles. The Kier molecular flexibility index (Phi) is 4.00. The Morgan fingerprint density at radius 2 is 1.94 bits per heavy atom. The lowest BCUT2D eigenvalue weighted by atomic mass is 9.81. The van der Waals surface area contributed by atoms with E-state index in [1.54, 1.807) is 0 Å². The van der Waals surface area contributed by atoms with Crippen LogP contribution in [0, 0.1) is 17.3 Å². The number of nitrogens with zero attached hydrogens (tertiary/aromatic N) is 1. The highest BCUT2D eigenvalue weighted by Crippen LogP contribution is 2.28. The summed E-state index contributed by atoms with van der Waals surface area (Å²) < 4.78 is 0. The molecule has 1 atom stereocenters. The van der Waals surface area contributed by atoms with Gasteiger partial charge in [0.1, 0.15) is 0 Å². The first kappa shape index (κ1) is 13.5. The maximum absolute atomic E-state index is 12.1. The van der Waals surface area contributed by atoms with Crippen LogP contribution < -0.4 is 5.32 Å². The first-order chi connectivity index (χ1) is 7.25. The Morgan fingerprint density at radius 1 is 1.38 bits per heavy atom. The van der Waals surface area contributed by atoms with Gasteiger partial charge in [-0.2, -0.15) is 0 Å². The maximum Gasteiger partial charge on any atom is 0.241 e. The maximum atomic E-state index is 12.1. The van der Waals surface area contributed by atoms with E-state index in [1.807, 2.05) is 4.90 Å². The molecule has 3 heteroatoms. The lowest BCUT2D eigenvalue weighted by Crippen LogP contribution is -2.40. The van der Waals surface area contributed by atoms with E-state index in [-0.39, 0.29) is 17.4 Å². The molecule has 16 heavy (non-hydrogen) atoms. The fourth-order valence-electron chi connectivity index (χ4n) is 1.90. The van der Waals surface area contributed by atoms with E-state index in [9.17, 15) is 4.79 Å². The van der Waals surface area contributed by atoms with Crippen molar-refractivity contribution >= 4 is 5.91 Å². The number of hydrogen-bond donors (Lipinski definition) is 1. The molecule has 1 N–H and O–H groups in total. The van der Waals surface area contributed by atoms with Crippen molar-refractivity contribution in [1.82, 2.24) is 10.2 Å². The van der Waals surface area contributed by atoms with Crippen LogP contribution in [0.3, 0.4) is 0 Å². The molecule has 94 valence electrons. The van der Waals surface area contributed by atoms with E-state index in [4.69, 9.17) is 0 Å². The molecule has 0 aromatic rings. The number of rotatable bonds is 4. The lowest BCUT2D eigenvalue weighted by Gasteiger charge is -2.33. The highest BCUT2D eigenvalue weighted by Gasteiger charge is 2.36. The average Bonchev–Trinajstić information content (AvgIpc) is 2.47. The van der Waals surface area contributed by atoms with Crippen molar-refractivity contribution in [2.45, 2.75) is 47.6 Å². The Hall–Kier alpha value is -0.570. The molecule has 0 aromatic heterocycles. The quantitative estimate of drug-likeness (QED) is 0.796. The largest absolute Gasteiger partial charge is 0.328 e. The summed E-state index contributed by atoms with van der Waals surface area (Å²) in [5.74, 6) is 1.22. The third-order valence-electron chi connectivity index (χ3n) is 3.91. The molecule has 0 aromatic carbocycles. The molecule has 1 aliphatic rings. The van der Waals surface area contributed by atoms with Gasteiger partial charge in [-0.25, -0.2) is 0 Å². The smallest absolute Gasteiger partial charge is 0.241 e. The van der Waals surface area contributed by atoms with E-state index < -0.39 is 0 Å². The highest BCUT2D eigenvalue weighted by molar-refractivity contribution is 5.84. The van der Waals surface area contributed by atoms with Crippen LogP contribution in [0.1, 0.15) is 41.5 Å². The molecule has 0 radical (unpaired) electrons. The third kappa shape index (κ3) is 2.76. The minimum Gasteiger partial charge on any atom is -0.328 e. The van der Waals surface area contributed by atoms with Crippen molar-refractivity contribution in [2.75, 3.05) is 13.2 Å². The van der Waals surface area contributed by atoms with Crippen molar-refractivity contribution in [2.24, 2.45) is 17.3 Å². The molecule has 1 saturated heterocycles. The van der Waals surface area contributed by atoms with Crippen LogP contribution >= 0.6 is 0 Å². The van der Waals surface area contributed by atoms with E-state index in [0.29, 0.717) is 18.5 Å². The van der Waals surface area contributed by atoms with Crippen molar-refractivity contribution in [3.8, 4) is 0 Å². The molecule has 3 nitrogen and oxygen atoms in total. The van der Waals surface area contributed by atoms with E-state index in [0.717, 1.165) is 6.54 Å². The van der Waals surface area contributed by atoms with Gasteiger partial charge < -0.3 is 4.90 Å². The Bertz CT molecular complexity index is 259. The molecular formula is C13H26N2O. The van der Waals surface area contributed by atoms with Gasteiger partial charge in [0.25, 0.3) is 0 Å². The van der Waals surface area contributed by atoms with Crippen molar-refractivity contribution in [3.05, 3.63) is 0 Å². The van der Waals surface area contributed by atoms with Gasteiger partial charge in [-0.15, -0.1) is 0 Å². The van der Waals surface area contributed by atoms with Crippen LogP contribution in [0.25, 0.3) is 0 Å². The molecule has 0 spiro atoms. The van der Waals surface area contributed by atoms with Crippen molar-refractivity contribution in [1.29, 1.82) is 0 Å². The van der Waals surface area contributed by atoms with Crippen LogP contribution in [0.4, 0.5) is 0 Å². The van der Waals surface area contributed by atoms with Gasteiger partial charge in [0.15, 0.2) is 0 Å². The van der Waals surface area contributed by atoms with Crippen LogP contribution in [-0.4, -0.2) is 30.1 Å². The molecule has 1 fully saturated rings. The topological polar surface area (TPSA) is 32.3 Å². The summed E-state index contributed by atoms with van der Waals surface area (Å²) in [6, 6.07) is 0.0166. The lowest BCUT2D eigenvalue weighted by molar-refractivity contribution is -0.131. The highest BCUT2D eigenvalue weighted by atomic mass is 16.2. The first-order valence-electron chi connectivity index (χ1n) is 6.28. The van der Waals surface area contributed by atoms with Crippen molar-refractivity contribution < 1.29 is 4.79 Å². The van der Waals surface area contributed by atoms with Gasteiger partial charge in [-0.3, -0.25) is 10.1 Å². The van der Waals surface area contributed by atoms with E-state index in [2.05, 4.69) is 46.9 Å². The monoisotopic (exact) mass is 226 g/mol. The number of nitrogens with one attached hydrogen (secondary N) is 1. The number of hydrogen-bond acceptors (Lipinski definition) is 2. The second kappa shape index (κ2) is 4.74. The fourth-order valence-corrected chi connectivity index (χ4v) is 1.90. The molecule has 1 unspecified atom stereocenters. The zero-order valence-electron chi connectivity index (χ0n) is 11.5. The van der Waals surface area contributed by atoms with Gasteiger partial charge in [0.05, 0.1) is 12.7 Å². The number of amides is 1. The number of carbonyl (C=O) groups is 1. The SMILES string of the molecule is CC(C)C1NCN(CC(C)(C)C(C)C)C1=O. The Balaban J connectivity index is 2.62. The predicted octanol–water partition coefficient (Wildman–Crippen LogP) is 2.08. The summed E-state index contributed by atoms with van der Waals surface area (Å²) in [5, 5.41) is 3.29. The summed E-state index contributed by atoms with van der Waals surface area (Å²) in [4.78, 5) is 14.1. The molecule has 1 amide bonds. The van der Waals surface area contributed by atoms with Crippen LogP contribution in [0.2, 0.25) is 0 Å². The standard InChI is InChI=1S/C13H26N2O/c1-9(2)11-12(16)15(8-14-11)7-13(5,6)10(3)4/h9-11,14H,7-8H2,1-6H3. The summed E-state index contributed by atoms with van der Waals surface area (Å²) in [7, 11) is 0. The summed E-state index contributed by atoms with van der Waals surface area (Å²) in [6.45, 7) is 14.6. The minimum atomic E-state index is 0.0166. The first-order valence-corrected chi connectivity index (χ1v) is 6.28. The molecule has 0 bridgehead atoms. The fraction of sp³-hybridized carbons (Fsp3) is 0.923. The van der Waals surface area contributed by atoms with Gasteiger partial charge >= 0.3 is 0 Å². The Labute approximate surface area is 99.6 Å². The zero-order chi connectivity index (χ0) is 12.5. The zero-order valence-corrected chi connectivity index (χ0v) is 11.5. The van der Waals surface area contributed by atoms with Crippen molar-refractivity contribution in [3.63, 3.8) is 0 Å². The van der Waals surface area contributed by atoms with E-state index >= 15 is 0 Å². The van der Waals surface area contributed by atoms with Gasteiger partial charge in [-0.1, -0.05) is 41.5 Å². The summed E-state index contributed by atoms with van der Waals surface area (Å²) in [6.07, 6.45) is 0. The molecule has 0 aliphatic carbocycles. The summed E-state index contributed by atoms with van der Waals surface area (Å²) in [5.41, 5.74) is 0.184. The van der Waals surface area contributed by atoms with Gasteiger partial charge in [-0.05, 0) is 17.3 Å². The normalized spacial score (nSPS) is 22.6. The third-order valence-corrected chi connectivity index (χ3v) is 3.91. The van der Waals surface area contributed by atoms with Gasteiger partial charge in [0, 0.05) is 6.54 Å². The predicted molar refractivity (Wildman–Crippen MR) is 67.0 cm³/mol. The second-order valence-electron chi connectivity index (χ2n) is 6.26. The average molecular weight is 226 g/mol. The minimum absolute atomic E-state index is 0.0166. The molecule has 1 heterocycles. The summed E-state index contributed by atoms with van der Waals surface area (Å²) >= 11 is 0. The molecule has 1 rings (SSSR count). The Morgan fingerprint density at radius 3 is 2.31 bits per heavy atom. The van der Waals surface area contributed by atoms with Crippen LogP contribution in [0.5, 0.6) is 0 Å². The molecule has 0 saturated carbocycles.